The topological polar surface area (TPSA) is 9.23 Å². The summed E-state index contributed by atoms with van der Waals surface area (Å²) < 4.78 is 5.10. The summed E-state index contributed by atoms with van der Waals surface area (Å²) in [4.78, 5) is 0. The van der Waals surface area contributed by atoms with E-state index in [-0.39, 0.29) is 0 Å². The van der Waals surface area contributed by atoms with E-state index in [1.165, 1.54) is 18.4 Å². The van der Waals surface area contributed by atoms with Crippen molar-refractivity contribution < 1.29 is 4.74 Å². The Morgan fingerprint density at radius 2 is 2.15 bits per heavy atom. The summed E-state index contributed by atoms with van der Waals surface area (Å²) in [5.41, 5.74) is 3.49. The standard InChI is InChI=1S/C11H13OS/c1-2-3-6-10-7-4-5-8-11(10)12-9-13/h4-5,7-8H,2-3,6H2,1H3. The van der Waals surface area contributed by atoms with Crippen LogP contribution in [-0.2, 0) is 6.42 Å². The van der Waals surface area contributed by atoms with Crippen LogP contribution in [0.5, 0.6) is 5.75 Å². The second-order valence-corrected chi connectivity index (χ2v) is 3.06. The van der Waals surface area contributed by atoms with Crippen LogP contribution < -0.4 is 4.74 Å². The number of benzene rings is 1. The number of rotatable bonds is 5. The van der Waals surface area contributed by atoms with Crippen LogP contribution in [-0.4, -0.2) is 5.55 Å². The first-order valence-electron chi connectivity index (χ1n) is 4.50. The van der Waals surface area contributed by atoms with Gasteiger partial charge < -0.3 is 4.74 Å². The Morgan fingerprint density at radius 1 is 1.38 bits per heavy atom. The molecule has 0 heterocycles. The molecule has 0 N–H and O–H groups in total. The third-order valence-electron chi connectivity index (χ3n) is 1.92. The number of ether oxygens (including phenoxy) is 1. The zero-order chi connectivity index (χ0) is 9.52. The van der Waals surface area contributed by atoms with E-state index in [2.05, 4.69) is 30.8 Å². The molecular formula is C11H13OS. The molecule has 1 rings (SSSR count). The fourth-order valence-electron chi connectivity index (χ4n) is 1.22. The molecule has 0 saturated carbocycles. The summed E-state index contributed by atoms with van der Waals surface area (Å²) in [6.07, 6.45) is 3.41. The van der Waals surface area contributed by atoms with Crippen molar-refractivity contribution in [3.05, 3.63) is 29.8 Å². The Hall–Kier alpha value is -0.890. The fourth-order valence-corrected chi connectivity index (χ4v) is 1.31. The highest BCUT2D eigenvalue weighted by Crippen LogP contribution is 2.19. The summed E-state index contributed by atoms with van der Waals surface area (Å²) in [5, 5.41) is 0. The fraction of sp³-hybridized carbons (Fsp3) is 0.364. The first-order valence-corrected chi connectivity index (χ1v) is 4.91. The lowest BCUT2D eigenvalue weighted by Gasteiger charge is -2.05. The number of unbranched alkanes of at least 4 members (excludes halogenated alkanes) is 1. The maximum atomic E-state index is 5.10. The van der Waals surface area contributed by atoms with Crippen LogP contribution in [0.3, 0.4) is 0 Å². The first-order chi connectivity index (χ1) is 6.38. The van der Waals surface area contributed by atoms with E-state index in [4.69, 9.17) is 4.74 Å². The molecule has 1 nitrogen and oxygen atoms in total. The van der Waals surface area contributed by atoms with Crippen molar-refractivity contribution in [3.8, 4) is 5.75 Å². The molecule has 0 aliphatic carbocycles. The van der Waals surface area contributed by atoms with Gasteiger partial charge in [-0.1, -0.05) is 31.5 Å². The van der Waals surface area contributed by atoms with Crippen LogP contribution >= 0.6 is 12.2 Å². The van der Waals surface area contributed by atoms with E-state index in [0.717, 1.165) is 12.2 Å². The predicted molar refractivity (Wildman–Crippen MR) is 58.3 cm³/mol. The molecule has 2 heteroatoms. The maximum Gasteiger partial charge on any atom is 0.245 e. The molecule has 1 aromatic carbocycles. The van der Waals surface area contributed by atoms with Crippen LogP contribution in [0.4, 0.5) is 0 Å². The van der Waals surface area contributed by atoms with Crippen LogP contribution in [0, 0.1) is 0 Å². The van der Waals surface area contributed by atoms with Gasteiger partial charge in [0, 0.05) is 0 Å². The van der Waals surface area contributed by atoms with Gasteiger partial charge in [0.05, 0.1) is 0 Å². The van der Waals surface area contributed by atoms with Crippen molar-refractivity contribution in [2.24, 2.45) is 0 Å². The Labute approximate surface area is 84.7 Å². The molecule has 69 valence electrons. The summed E-state index contributed by atoms with van der Waals surface area (Å²) in [7, 11) is 0. The zero-order valence-electron chi connectivity index (χ0n) is 7.75. The molecule has 0 aliphatic heterocycles. The quantitative estimate of drug-likeness (QED) is 0.664. The van der Waals surface area contributed by atoms with E-state index in [0.29, 0.717) is 0 Å². The molecule has 13 heavy (non-hydrogen) atoms. The molecule has 0 unspecified atom stereocenters. The predicted octanol–water partition coefficient (Wildman–Crippen LogP) is 3.24. The van der Waals surface area contributed by atoms with E-state index >= 15 is 0 Å². The highest BCUT2D eigenvalue weighted by Gasteiger charge is 2.00. The van der Waals surface area contributed by atoms with Crippen molar-refractivity contribution in [1.29, 1.82) is 0 Å². The van der Waals surface area contributed by atoms with Crippen LogP contribution in [0.15, 0.2) is 24.3 Å². The third kappa shape index (κ3) is 3.15. The van der Waals surface area contributed by atoms with Crippen LogP contribution in [0.1, 0.15) is 25.3 Å². The maximum absolute atomic E-state index is 5.10. The molecule has 0 fully saturated rings. The summed E-state index contributed by atoms with van der Waals surface area (Å²) in [6.45, 7) is 2.18. The van der Waals surface area contributed by atoms with Crippen molar-refractivity contribution in [3.63, 3.8) is 0 Å². The number of hydrogen-bond acceptors (Lipinski definition) is 2. The average molecular weight is 193 g/mol. The number of para-hydroxylation sites is 1. The van der Waals surface area contributed by atoms with Gasteiger partial charge in [-0.15, -0.1) is 0 Å². The highest BCUT2D eigenvalue weighted by molar-refractivity contribution is 7.78. The van der Waals surface area contributed by atoms with E-state index < -0.39 is 0 Å². The first kappa shape index (κ1) is 10.2. The van der Waals surface area contributed by atoms with E-state index in [1.807, 2.05) is 18.2 Å². The molecular weight excluding hydrogens is 180 g/mol. The van der Waals surface area contributed by atoms with E-state index in [1.54, 1.807) is 0 Å². The molecule has 0 bridgehead atoms. The van der Waals surface area contributed by atoms with Gasteiger partial charge in [-0.25, -0.2) is 0 Å². The average Bonchev–Trinajstić information content (AvgIpc) is 2.17. The number of hydrogen-bond donors (Lipinski definition) is 0. The van der Waals surface area contributed by atoms with Gasteiger partial charge in [0.1, 0.15) is 5.75 Å². The van der Waals surface area contributed by atoms with Gasteiger partial charge in [0.2, 0.25) is 5.55 Å². The normalized spacial score (nSPS) is 9.62. The highest BCUT2D eigenvalue weighted by atomic mass is 32.1. The second kappa shape index (κ2) is 5.70. The minimum absolute atomic E-state index is 0.839. The van der Waals surface area contributed by atoms with Crippen molar-refractivity contribution >= 4 is 17.8 Å². The van der Waals surface area contributed by atoms with Crippen LogP contribution in [0.25, 0.3) is 0 Å². The Morgan fingerprint density at radius 3 is 2.85 bits per heavy atom. The minimum atomic E-state index is 0.839. The molecule has 0 amide bonds. The lowest BCUT2D eigenvalue weighted by atomic mass is 10.1. The molecule has 0 spiro atoms. The Balaban J connectivity index is 2.71. The lowest BCUT2D eigenvalue weighted by molar-refractivity contribution is 0.573. The minimum Gasteiger partial charge on any atom is -0.441 e. The van der Waals surface area contributed by atoms with Crippen LogP contribution in [0.2, 0.25) is 0 Å². The van der Waals surface area contributed by atoms with Crippen molar-refractivity contribution in [2.75, 3.05) is 0 Å². The van der Waals surface area contributed by atoms with Gasteiger partial charge in [-0.2, -0.15) is 0 Å². The second-order valence-electron chi connectivity index (χ2n) is 2.90. The van der Waals surface area contributed by atoms with Gasteiger partial charge in [0.15, 0.2) is 0 Å². The van der Waals surface area contributed by atoms with Crippen molar-refractivity contribution in [1.82, 2.24) is 0 Å². The Kier molecular flexibility index (Phi) is 4.47. The molecule has 0 atom stereocenters. The van der Waals surface area contributed by atoms with Gasteiger partial charge in [-0.3, -0.25) is 0 Å². The molecule has 0 aliphatic rings. The SMILES string of the molecule is CCCCc1ccccc1O[C]=S. The van der Waals surface area contributed by atoms with Gasteiger partial charge in [-0.05, 0) is 36.7 Å². The molecule has 0 aromatic heterocycles. The zero-order valence-corrected chi connectivity index (χ0v) is 8.56. The lowest BCUT2D eigenvalue weighted by Crippen LogP contribution is -1.93. The van der Waals surface area contributed by atoms with Gasteiger partial charge in [0.25, 0.3) is 0 Å². The summed E-state index contributed by atoms with van der Waals surface area (Å²) in [5.74, 6) is 0.839. The smallest absolute Gasteiger partial charge is 0.245 e. The number of aryl methyl sites for hydroxylation is 1. The Bertz CT molecular complexity index is 271. The molecule has 0 saturated heterocycles. The molecule has 1 aromatic rings. The van der Waals surface area contributed by atoms with Gasteiger partial charge >= 0.3 is 0 Å². The number of thiocarbonyl (C=S) groups is 1. The summed E-state index contributed by atoms with van der Waals surface area (Å²) >= 11 is 4.53. The van der Waals surface area contributed by atoms with Crippen molar-refractivity contribution in [2.45, 2.75) is 26.2 Å². The van der Waals surface area contributed by atoms with E-state index in [9.17, 15) is 0 Å². The summed E-state index contributed by atoms with van der Waals surface area (Å²) in [6, 6.07) is 7.95. The monoisotopic (exact) mass is 193 g/mol. The largest absolute Gasteiger partial charge is 0.441 e. The third-order valence-corrected chi connectivity index (χ3v) is 2.01. The molecule has 1 radical (unpaired) electrons.